The van der Waals surface area contributed by atoms with Crippen molar-refractivity contribution >= 4 is 11.9 Å². The second kappa shape index (κ2) is 8.70. The van der Waals surface area contributed by atoms with E-state index in [0.29, 0.717) is 12.4 Å². The molecule has 0 fully saturated rings. The van der Waals surface area contributed by atoms with Crippen molar-refractivity contribution in [1.82, 2.24) is 10.5 Å². The van der Waals surface area contributed by atoms with Gasteiger partial charge >= 0.3 is 5.97 Å². The third-order valence-corrected chi connectivity index (χ3v) is 2.99. The lowest BCUT2D eigenvalue weighted by molar-refractivity contribution is -0.140. The summed E-state index contributed by atoms with van der Waals surface area (Å²) in [7, 11) is 1.30. The smallest absolute Gasteiger partial charge is 0.307 e. The van der Waals surface area contributed by atoms with Gasteiger partial charge in [0, 0.05) is 12.6 Å². The van der Waals surface area contributed by atoms with Crippen molar-refractivity contribution in [2.24, 2.45) is 0 Å². The summed E-state index contributed by atoms with van der Waals surface area (Å²) in [4.78, 5) is 22.7. The van der Waals surface area contributed by atoms with Gasteiger partial charge in [-0.15, -0.1) is 0 Å². The normalized spacial score (nSPS) is 10.3. The molecule has 0 aliphatic rings. The van der Waals surface area contributed by atoms with Crippen LogP contribution in [0.25, 0.3) is 0 Å². The summed E-state index contributed by atoms with van der Waals surface area (Å²) in [5.41, 5.74) is 1.20. The fourth-order valence-corrected chi connectivity index (χ4v) is 1.80. The number of methoxy groups -OCH3 is 1. The minimum Gasteiger partial charge on any atom is -0.469 e. The lowest BCUT2D eigenvalue weighted by Crippen LogP contribution is -2.26. The number of amides is 1. The Labute approximate surface area is 133 Å². The SMILES string of the molecule is COC(=O)CCNC(=O)c1cc(COCc2ccccc2)on1. The number of carbonyl (C=O) groups excluding carboxylic acids is 2. The van der Waals surface area contributed by atoms with E-state index < -0.39 is 5.91 Å². The summed E-state index contributed by atoms with van der Waals surface area (Å²) < 4.78 is 15.0. The number of nitrogens with zero attached hydrogens (tertiary/aromatic N) is 1. The van der Waals surface area contributed by atoms with E-state index in [1.807, 2.05) is 30.3 Å². The number of rotatable bonds is 8. The molecular weight excluding hydrogens is 300 g/mol. The molecule has 0 aliphatic heterocycles. The third-order valence-electron chi connectivity index (χ3n) is 2.99. The summed E-state index contributed by atoms with van der Waals surface area (Å²) in [6.07, 6.45) is 0.104. The molecular formula is C16H18N2O5. The molecule has 2 rings (SSSR count). The molecule has 1 N–H and O–H groups in total. The Morgan fingerprint density at radius 3 is 2.74 bits per heavy atom. The zero-order valence-corrected chi connectivity index (χ0v) is 12.8. The molecule has 1 heterocycles. The first-order valence-electron chi connectivity index (χ1n) is 7.11. The first-order valence-corrected chi connectivity index (χ1v) is 7.11. The van der Waals surface area contributed by atoms with Crippen molar-refractivity contribution in [3.63, 3.8) is 0 Å². The van der Waals surface area contributed by atoms with Gasteiger partial charge in [0.25, 0.3) is 5.91 Å². The molecule has 2 aromatic rings. The maximum atomic E-state index is 11.8. The van der Waals surface area contributed by atoms with Gasteiger partial charge in [-0.3, -0.25) is 9.59 Å². The number of aromatic nitrogens is 1. The summed E-state index contributed by atoms with van der Waals surface area (Å²) in [6.45, 7) is 0.845. The lowest BCUT2D eigenvalue weighted by atomic mass is 10.2. The van der Waals surface area contributed by atoms with E-state index in [0.717, 1.165) is 5.56 Å². The first kappa shape index (κ1) is 16.7. The number of nitrogens with one attached hydrogen (secondary N) is 1. The average Bonchev–Trinajstić information content (AvgIpc) is 3.04. The second-order valence-corrected chi connectivity index (χ2v) is 4.74. The highest BCUT2D eigenvalue weighted by Gasteiger charge is 2.13. The zero-order valence-electron chi connectivity index (χ0n) is 12.8. The lowest BCUT2D eigenvalue weighted by Gasteiger charge is -2.01. The standard InChI is InChI=1S/C16H18N2O5/c1-21-15(19)7-8-17-16(20)14-9-13(23-18-14)11-22-10-12-5-3-2-4-6-12/h2-6,9H,7-8,10-11H2,1H3,(H,17,20). The van der Waals surface area contributed by atoms with Crippen LogP contribution in [-0.4, -0.2) is 30.7 Å². The van der Waals surface area contributed by atoms with E-state index in [9.17, 15) is 9.59 Å². The van der Waals surface area contributed by atoms with Crippen molar-refractivity contribution in [3.05, 3.63) is 53.4 Å². The minimum atomic E-state index is -0.410. The van der Waals surface area contributed by atoms with Crippen LogP contribution in [0.5, 0.6) is 0 Å². The molecule has 0 bridgehead atoms. The van der Waals surface area contributed by atoms with E-state index in [2.05, 4.69) is 15.2 Å². The van der Waals surface area contributed by atoms with Crippen LogP contribution in [0.4, 0.5) is 0 Å². The Hall–Kier alpha value is -2.67. The minimum absolute atomic E-state index is 0.104. The summed E-state index contributed by atoms with van der Waals surface area (Å²) in [5, 5.41) is 6.23. The molecule has 23 heavy (non-hydrogen) atoms. The number of carbonyl (C=O) groups is 2. The Bertz CT molecular complexity index is 639. The molecule has 122 valence electrons. The van der Waals surface area contributed by atoms with Crippen LogP contribution in [0.2, 0.25) is 0 Å². The number of esters is 1. The molecule has 0 saturated carbocycles. The molecule has 7 heteroatoms. The van der Waals surface area contributed by atoms with Crippen molar-refractivity contribution < 1.29 is 23.6 Å². The number of ether oxygens (including phenoxy) is 2. The topological polar surface area (TPSA) is 90.7 Å². The first-order chi connectivity index (χ1) is 11.2. The Morgan fingerprint density at radius 1 is 1.22 bits per heavy atom. The van der Waals surface area contributed by atoms with Gasteiger partial charge in [-0.1, -0.05) is 35.5 Å². The molecule has 1 aromatic carbocycles. The Kier molecular flexibility index (Phi) is 6.31. The van der Waals surface area contributed by atoms with Crippen LogP contribution in [0.15, 0.2) is 40.9 Å². The molecule has 1 aromatic heterocycles. The Balaban J connectivity index is 1.74. The third kappa shape index (κ3) is 5.55. The quantitative estimate of drug-likeness (QED) is 0.745. The van der Waals surface area contributed by atoms with Gasteiger partial charge in [-0.25, -0.2) is 0 Å². The molecule has 0 spiro atoms. The predicted octanol–water partition coefficient (Wildman–Crippen LogP) is 1.68. The van der Waals surface area contributed by atoms with Crippen LogP contribution in [0.1, 0.15) is 28.2 Å². The van der Waals surface area contributed by atoms with Crippen molar-refractivity contribution in [3.8, 4) is 0 Å². The monoisotopic (exact) mass is 318 g/mol. The highest BCUT2D eigenvalue weighted by molar-refractivity contribution is 5.92. The van der Waals surface area contributed by atoms with Gasteiger partial charge in [0.15, 0.2) is 11.5 Å². The van der Waals surface area contributed by atoms with E-state index >= 15 is 0 Å². The molecule has 1 amide bonds. The molecule has 0 aliphatic carbocycles. The Morgan fingerprint density at radius 2 is 2.00 bits per heavy atom. The molecule has 7 nitrogen and oxygen atoms in total. The summed E-state index contributed by atoms with van der Waals surface area (Å²) in [6, 6.07) is 11.2. The van der Waals surface area contributed by atoms with Gasteiger partial charge in [0.05, 0.1) is 20.1 Å². The van der Waals surface area contributed by atoms with Crippen molar-refractivity contribution in [1.29, 1.82) is 0 Å². The van der Waals surface area contributed by atoms with E-state index in [1.165, 1.54) is 13.2 Å². The zero-order chi connectivity index (χ0) is 16.5. The van der Waals surface area contributed by atoms with Gasteiger partial charge in [0.2, 0.25) is 0 Å². The van der Waals surface area contributed by atoms with E-state index in [1.54, 1.807) is 0 Å². The van der Waals surface area contributed by atoms with Crippen molar-refractivity contribution in [2.45, 2.75) is 19.6 Å². The summed E-state index contributed by atoms with van der Waals surface area (Å²) in [5.74, 6) is -0.341. The van der Waals surface area contributed by atoms with Gasteiger partial charge < -0.3 is 19.3 Å². The summed E-state index contributed by atoms with van der Waals surface area (Å²) >= 11 is 0. The largest absolute Gasteiger partial charge is 0.469 e. The number of hydrogen-bond acceptors (Lipinski definition) is 6. The average molecular weight is 318 g/mol. The molecule has 0 unspecified atom stereocenters. The second-order valence-electron chi connectivity index (χ2n) is 4.74. The van der Waals surface area contributed by atoms with Crippen molar-refractivity contribution in [2.75, 3.05) is 13.7 Å². The van der Waals surface area contributed by atoms with Gasteiger partial charge in [-0.2, -0.15) is 0 Å². The van der Waals surface area contributed by atoms with Crippen LogP contribution in [0, 0.1) is 0 Å². The number of benzene rings is 1. The van der Waals surface area contributed by atoms with Crippen LogP contribution < -0.4 is 5.32 Å². The van der Waals surface area contributed by atoms with Crippen LogP contribution in [0.3, 0.4) is 0 Å². The predicted molar refractivity (Wildman–Crippen MR) is 80.4 cm³/mol. The van der Waals surface area contributed by atoms with Crippen LogP contribution >= 0.6 is 0 Å². The highest BCUT2D eigenvalue weighted by atomic mass is 16.5. The van der Waals surface area contributed by atoms with Gasteiger partial charge in [0.1, 0.15) is 6.61 Å². The van der Waals surface area contributed by atoms with Gasteiger partial charge in [-0.05, 0) is 5.56 Å². The van der Waals surface area contributed by atoms with E-state index in [4.69, 9.17) is 9.26 Å². The molecule has 0 saturated heterocycles. The maximum absolute atomic E-state index is 11.8. The fraction of sp³-hybridized carbons (Fsp3) is 0.312. The number of hydrogen-bond donors (Lipinski definition) is 1. The fourth-order valence-electron chi connectivity index (χ4n) is 1.80. The van der Waals surface area contributed by atoms with Crippen LogP contribution in [-0.2, 0) is 27.5 Å². The maximum Gasteiger partial charge on any atom is 0.307 e. The molecule has 0 radical (unpaired) electrons. The van der Waals surface area contributed by atoms with E-state index in [-0.39, 0.29) is 31.2 Å². The highest BCUT2D eigenvalue weighted by Crippen LogP contribution is 2.08. The molecule has 0 atom stereocenters.